The number of anilines is 1. The van der Waals surface area contributed by atoms with Gasteiger partial charge in [0.15, 0.2) is 5.13 Å². The number of carbonyl (C=O) groups is 1. The number of thiazole rings is 1. The first-order valence-corrected chi connectivity index (χ1v) is 9.82. The third-order valence-electron chi connectivity index (χ3n) is 4.48. The number of para-hydroxylation sites is 1. The number of carbonyl (C=O) groups excluding carboxylic acids is 1. The molecule has 0 aliphatic heterocycles. The summed E-state index contributed by atoms with van der Waals surface area (Å²) < 4.78 is 10.9. The van der Waals surface area contributed by atoms with Gasteiger partial charge in [-0.3, -0.25) is 10.1 Å². The predicted octanol–water partition coefficient (Wildman–Crippen LogP) is 4.94. The molecule has 0 atom stereocenters. The number of aromatic nitrogens is 2. The summed E-state index contributed by atoms with van der Waals surface area (Å²) in [5, 5.41) is 6.11. The number of nitrogens with one attached hydrogen (secondary N) is 1. The van der Waals surface area contributed by atoms with Gasteiger partial charge in [-0.25, -0.2) is 9.97 Å². The van der Waals surface area contributed by atoms with Crippen LogP contribution in [0.1, 0.15) is 16.1 Å². The molecule has 0 saturated heterocycles. The van der Waals surface area contributed by atoms with Gasteiger partial charge in [0.2, 0.25) is 0 Å². The minimum atomic E-state index is -0.235. The summed E-state index contributed by atoms with van der Waals surface area (Å²) in [5.41, 5.74) is 3.47. The highest BCUT2D eigenvalue weighted by atomic mass is 32.1. The van der Waals surface area contributed by atoms with E-state index in [0.29, 0.717) is 27.9 Å². The standard InChI is InChI=1S/C22H19N3O3S/c1-13-12-29-22(23-13)25-21(26)16-11-19(24-18-7-5-4-6-15(16)18)17-10-14(27-2)8-9-20(17)28-3/h4-12H,1-3H3,(H,23,25,26). The van der Waals surface area contributed by atoms with Gasteiger partial charge < -0.3 is 9.47 Å². The highest BCUT2D eigenvalue weighted by Gasteiger charge is 2.17. The second kappa shape index (κ2) is 7.89. The first-order chi connectivity index (χ1) is 14.1. The molecule has 6 nitrogen and oxygen atoms in total. The molecule has 4 rings (SSSR count). The molecule has 0 spiro atoms. The Hall–Kier alpha value is -3.45. The number of fused-ring (bicyclic) bond motifs is 1. The SMILES string of the molecule is COc1ccc(OC)c(-c2cc(C(=O)Nc3nc(C)cs3)c3ccccc3n2)c1. The summed E-state index contributed by atoms with van der Waals surface area (Å²) in [6, 6.07) is 14.8. The topological polar surface area (TPSA) is 73.3 Å². The molecule has 2 heterocycles. The molecule has 146 valence electrons. The lowest BCUT2D eigenvalue weighted by molar-refractivity contribution is 0.102. The van der Waals surface area contributed by atoms with E-state index in [9.17, 15) is 4.79 Å². The summed E-state index contributed by atoms with van der Waals surface area (Å²) in [6.45, 7) is 1.89. The zero-order chi connectivity index (χ0) is 20.4. The van der Waals surface area contributed by atoms with Crippen LogP contribution in [0.25, 0.3) is 22.2 Å². The third-order valence-corrected chi connectivity index (χ3v) is 5.36. The molecule has 4 aromatic rings. The summed E-state index contributed by atoms with van der Waals surface area (Å²) >= 11 is 1.39. The van der Waals surface area contributed by atoms with E-state index < -0.39 is 0 Å². The van der Waals surface area contributed by atoms with E-state index in [2.05, 4.69) is 10.3 Å². The molecule has 1 amide bonds. The van der Waals surface area contributed by atoms with Crippen molar-refractivity contribution in [3.63, 3.8) is 0 Å². The molecular weight excluding hydrogens is 386 g/mol. The summed E-state index contributed by atoms with van der Waals surface area (Å²) in [4.78, 5) is 22.1. The molecule has 2 aromatic heterocycles. The zero-order valence-electron chi connectivity index (χ0n) is 16.2. The number of methoxy groups -OCH3 is 2. The van der Waals surface area contributed by atoms with E-state index in [1.165, 1.54) is 11.3 Å². The van der Waals surface area contributed by atoms with Crippen LogP contribution in [0.4, 0.5) is 5.13 Å². The third kappa shape index (κ3) is 3.77. The van der Waals surface area contributed by atoms with Crippen molar-refractivity contribution in [3.05, 3.63) is 65.2 Å². The Morgan fingerprint density at radius 2 is 1.86 bits per heavy atom. The van der Waals surface area contributed by atoms with Gasteiger partial charge >= 0.3 is 0 Å². The minimum Gasteiger partial charge on any atom is -0.497 e. The van der Waals surface area contributed by atoms with Crippen molar-refractivity contribution in [2.45, 2.75) is 6.92 Å². The molecule has 29 heavy (non-hydrogen) atoms. The Morgan fingerprint density at radius 3 is 2.59 bits per heavy atom. The molecule has 0 unspecified atom stereocenters. The van der Waals surface area contributed by atoms with Gasteiger partial charge in [-0.2, -0.15) is 0 Å². The van der Waals surface area contributed by atoms with Crippen molar-refractivity contribution >= 4 is 33.3 Å². The van der Waals surface area contributed by atoms with Crippen molar-refractivity contribution in [3.8, 4) is 22.8 Å². The number of hydrogen-bond acceptors (Lipinski definition) is 6. The van der Waals surface area contributed by atoms with Crippen LogP contribution in [0.15, 0.2) is 53.9 Å². The van der Waals surface area contributed by atoms with Crippen LogP contribution in [0.3, 0.4) is 0 Å². The molecular formula is C22H19N3O3S. The minimum absolute atomic E-state index is 0.235. The summed E-state index contributed by atoms with van der Waals surface area (Å²) in [6.07, 6.45) is 0. The average Bonchev–Trinajstić information content (AvgIpc) is 3.16. The maximum Gasteiger partial charge on any atom is 0.258 e. The van der Waals surface area contributed by atoms with Gasteiger partial charge in [-0.1, -0.05) is 18.2 Å². The van der Waals surface area contributed by atoms with Gasteiger partial charge in [-0.15, -0.1) is 11.3 Å². The van der Waals surface area contributed by atoms with Crippen molar-refractivity contribution < 1.29 is 14.3 Å². The van der Waals surface area contributed by atoms with Crippen molar-refractivity contribution in [1.29, 1.82) is 0 Å². The van der Waals surface area contributed by atoms with Crippen molar-refractivity contribution in [2.24, 2.45) is 0 Å². The molecule has 0 fully saturated rings. The van der Waals surface area contributed by atoms with Crippen molar-refractivity contribution in [2.75, 3.05) is 19.5 Å². The van der Waals surface area contributed by atoms with Gasteiger partial charge in [-0.05, 0) is 37.3 Å². The van der Waals surface area contributed by atoms with E-state index in [1.807, 2.05) is 54.8 Å². The van der Waals surface area contributed by atoms with E-state index in [4.69, 9.17) is 14.5 Å². The fourth-order valence-corrected chi connectivity index (χ4v) is 3.77. The highest BCUT2D eigenvalue weighted by molar-refractivity contribution is 7.13. The number of benzene rings is 2. The Morgan fingerprint density at radius 1 is 1.03 bits per heavy atom. The number of ether oxygens (including phenoxy) is 2. The Bertz CT molecular complexity index is 1200. The van der Waals surface area contributed by atoms with Crippen LogP contribution in [0.2, 0.25) is 0 Å². The number of rotatable bonds is 5. The molecule has 0 aliphatic rings. The average molecular weight is 405 g/mol. The summed E-state index contributed by atoms with van der Waals surface area (Å²) in [7, 11) is 3.21. The number of hydrogen-bond donors (Lipinski definition) is 1. The normalized spacial score (nSPS) is 10.7. The van der Waals surface area contributed by atoms with Gasteiger partial charge in [0, 0.05) is 16.3 Å². The van der Waals surface area contributed by atoms with E-state index in [1.54, 1.807) is 20.3 Å². The molecule has 0 aliphatic carbocycles. The second-order valence-corrected chi connectivity index (χ2v) is 7.24. The van der Waals surface area contributed by atoms with E-state index in [0.717, 1.165) is 22.2 Å². The number of pyridine rings is 1. The van der Waals surface area contributed by atoms with Crippen LogP contribution in [0, 0.1) is 6.92 Å². The monoisotopic (exact) mass is 405 g/mol. The van der Waals surface area contributed by atoms with E-state index >= 15 is 0 Å². The first-order valence-electron chi connectivity index (χ1n) is 8.94. The smallest absolute Gasteiger partial charge is 0.258 e. The van der Waals surface area contributed by atoms with Crippen LogP contribution in [-0.4, -0.2) is 30.1 Å². The lowest BCUT2D eigenvalue weighted by atomic mass is 10.0. The molecule has 7 heteroatoms. The summed E-state index contributed by atoms with van der Waals surface area (Å²) in [5.74, 6) is 1.09. The fourth-order valence-electron chi connectivity index (χ4n) is 3.09. The van der Waals surface area contributed by atoms with Gasteiger partial charge in [0.25, 0.3) is 5.91 Å². The largest absolute Gasteiger partial charge is 0.497 e. The Kier molecular flexibility index (Phi) is 5.14. The zero-order valence-corrected chi connectivity index (χ0v) is 17.0. The number of aryl methyl sites for hydroxylation is 1. The quantitative estimate of drug-likeness (QED) is 0.509. The fraction of sp³-hybridized carbons (Fsp3) is 0.136. The first kappa shape index (κ1) is 18.9. The van der Waals surface area contributed by atoms with Gasteiger partial charge in [0.1, 0.15) is 11.5 Å². The Balaban J connectivity index is 1.86. The van der Waals surface area contributed by atoms with Gasteiger partial charge in [0.05, 0.1) is 36.7 Å². The Labute approximate surface area is 172 Å². The predicted molar refractivity (Wildman–Crippen MR) is 115 cm³/mol. The molecule has 1 N–H and O–H groups in total. The number of amides is 1. The van der Waals surface area contributed by atoms with Crippen LogP contribution in [-0.2, 0) is 0 Å². The van der Waals surface area contributed by atoms with Crippen LogP contribution >= 0.6 is 11.3 Å². The number of nitrogens with zero attached hydrogens (tertiary/aromatic N) is 2. The molecule has 2 aromatic carbocycles. The molecule has 0 radical (unpaired) electrons. The molecule has 0 saturated carbocycles. The maximum atomic E-state index is 13.1. The van der Waals surface area contributed by atoms with E-state index in [-0.39, 0.29) is 5.91 Å². The highest BCUT2D eigenvalue weighted by Crippen LogP contribution is 2.34. The van der Waals surface area contributed by atoms with Crippen molar-refractivity contribution in [1.82, 2.24) is 9.97 Å². The maximum absolute atomic E-state index is 13.1. The lowest BCUT2D eigenvalue weighted by Crippen LogP contribution is -2.13. The van der Waals surface area contributed by atoms with Crippen LogP contribution < -0.4 is 14.8 Å². The molecule has 0 bridgehead atoms. The lowest BCUT2D eigenvalue weighted by Gasteiger charge is -2.13. The second-order valence-electron chi connectivity index (χ2n) is 6.39. The van der Waals surface area contributed by atoms with Crippen LogP contribution in [0.5, 0.6) is 11.5 Å².